The number of nitrogens with one attached hydrogen (secondary N) is 1. The highest BCUT2D eigenvalue weighted by atomic mass is 32.2. The van der Waals surface area contributed by atoms with E-state index in [0.29, 0.717) is 37.6 Å². The van der Waals surface area contributed by atoms with Crippen LogP contribution < -0.4 is 10.2 Å². The third kappa shape index (κ3) is 5.44. The lowest BCUT2D eigenvalue weighted by molar-refractivity contribution is -0.383. The summed E-state index contributed by atoms with van der Waals surface area (Å²) in [5.74, 6) is 0. The Morgan fingerprint density at radius 2 is 1.69 bits per heavy atom. The van der Waals surface area contributed by atoms with Crippen molar-refractivity contribution in [3.63, 3.8) is 0 Å². The van der Waals surface area contributed by atoms with E-state index in [1.54, 1.807) is 48.8 Å². The number of benzene rings is 2. The van der Waals surface area contributed by atoms with Gasteiger partial charge in [0.15, 0.2) is 0 Å². The molecule has 10 heteroatoms. The highest BCUT2D eigenvalue weighted by Gasteiger charge is 2.29. The van der Waals surface area contributed by atoms with Gasteiger partial charge in [-0.05, 0) is 47.4 Å². The van der Waals surface area contributed by atoms with Gasteiger partial charge in [-0.1, -0.05) is 32.9 Å². The molecule has 0 amide bonds. The quantitative estimate of drug-likeness (QED) is 0.395. The molecule has 3 aromatic rings. The third-order valence-corrected chi connectivity index (χ3v) is 7.99. The van der Waals surface area contributed by atoms with Gasteiger partial charge in [-0.2, -0.15) is 4.31 Å². The molecule has 0 spiro atoms. The van der Waals surface area contributed by atoms with Gasteiger partial charge >= 0.3 is 0 Å². The maximum atomic E-state index is 13.2. The number of sulfonamides is 1. The number of nitrogens with zero attached hydrogens (tertiary/aromatic N) is 4. The molecule has 1 aliphatic heterocycles. The van der Waals surface area contributed by atoms with E-state index in [4.69, 9.17) is 0 Å². The highest BCUT2D eigenvalue weighted by molar-refractivity contribution is 7.89. The van der Waals surface area contributed by atoms with Crippen molar-refractivity contribution in [3.05, 3.63) is 82.7 Å². The molecule has 0 bridgehead atoms. The molecular formula is C25H29N5O4S. The van der Waals surface area contributed by atoms with E-state index < -0.39 is 14.9 Å². The summed E-state index contributed by atoms with van der Waals surface area (Å²) in [4.78, 5) is 17.5. The van der Waals surface area contributed by atoms with Gasteiger partial charge in [0.05, 0.1) is 21.7 Å². The Morgan fingerprint density at radius 3 is 2.26 bits per heavy atom. The zero-order chi connectivity index (χ0) is 25.2. The van der Waals surface area contributed by atoms with Crippen LogP contribution in [0.3, 0.4) is 0 Å². The van der Waals surface area contributed by atoms with Crippen LogP contribution in [0.2, 0.25) is 0 Å². The average molecular weight is 496 g/mol. The number of hydrogen-bond donors (Lipinski definition) is 1. The average Bonchev–Trinajstić information content (AvgIpc) is 2.84. The molecule has 0 aliphatic carbocycles. The first-order valence-electron chi connectivity index (χ1n) is 11.4. The molecule has 4 rings (SSSR count). The highest BCUT2D eigenvalue weighted by Crippen LogP contribution is 2.33. The van der Waals surface area contributed by atoms with Crippen LogP contribution in [0.1, 0.15) is 26.3 Å². The molecule has 1 saturated heterocycles. The Balaban J connectivity index is 1.49. The van der Waals surface area contributed by atoms with Crippen molar-refractivity contribution >= 4 is 32.8 Å². The van der Waals surface area contributed by atoms with Crippen molar-refractivity contribution in [2.75, 3.05) is 36.4 Å². The predicted octanol–water partition coefficient (Wildman–Crippen LogP) is 4.54. The maximum Gasteiger partial charge on any atom is 0.292 e. The number of hydrogen-bond acceptors (Lipinski definition) is 7. The van der Waals surface area contributed by atoms with E-state index in [9.17, 15) is 18.5 Å². The summed E-state index contributed by atoms with van der Waals surface area (Å²) in [5.41, 5.74) is 2.76. The van der Waals surface area contributed by atoms with Crippen molar-refractivity contribution in [1.82, 2.24) is 9.29 Å². The Bertz CT molecular complexity index is 1300. The fourth-order valence-corrected chi connectivity index (χ4v) is 5.46. The Morgan fingerprint density at radius 1 is 1.00 bits per heavy atom. The van der Waals surface area contributed by atoms with Crippen LogP contribution in [0, 0.1) is 10.1 Å². The minimum absolute atomic E-state index is 0.0440. The summed E-state index contributed by atoms with van der Waals surface area (Å²) >= 11 is 0. The minimum Gasteiger partial charge on any atom is -0.369 e. The van der Waals surface area contributed by atoms with Gasteiger partial charge in [-0.15, -0.1) is 0 Å². The number of anilines is 3. The van der Waals surface area contributed by atoms with Crippen LogP contribution >= 0.6 is 0 Å². The molecule has 1 fully saturated rings. The molecule has 0 unspecified atom stereocenters. The molecule has 35 heavy (non-hydrogen) atoms. The first kappa shape index (κ1) is 24.6. The third-order valence-electron chi connectivity index (χ3n) is 6.08. The van der Waals surface area contributed by atoms with Crippen molar-refractivity contribution in [2.45, 2.75) is 31.1 Å². The van der Waals surface area contributed by atoms with Gasteiger partial charge in [0.2, 0.25) is 10.0 Å². The molecule has 2 aromatic carbocycles. The molecule has 1 N–H and O–H groups in total. The second-order valence-corrected chi connectivity index (χ2v) is 11.4. The number of pyridine rings is 1. The van der Waals surface area contributed by atoms with E-state index >= 15 is 0 Å². The zero-order valence-electron chi connectivity index (χ0n) is 20.0. The van der Waals surface area contributed by atoms with Crippen LogP contribution in [0.5, 0.6) is 0 Å². The summed E-state index contributed by atoms with van der Waals surface area (Å²) in [5, 5.41) is 14.6. The van der Waals surface area contributed by atoms with E-state index in [1.165, 1.54) is 10.4 Å². The zero-order valence-corrected chi connectivity index (χ0v) is 20.8. The molecule has 0 atom stereocenters. The Hall–Kier alpha value is -3.50. The fourth-order valence-electron chi connectivity index (χ4n) is 4.03. The standard InChI is InChI=1S/C25H29N5O4S/c1-25(2,3)19-6-9-22(10-7-19)35(33,34)29-15-13-28(14-16-29)21-8-11-24(30(31)32)23(17-21)27-20-5-4-12-26-18-20/h4-12,17-18,27H,13-16H2,1-3H3. The van der Waals surface area contributed by atoms with Gasteiger partial charge in [-0.25, -0.2) is 8.42 Å². The first-order valence-corrected chi connectivity index (χ1v) is 12.8. The summed E-state index contributed by atoms with van der Waals surface area (Å²) in [6.07, 6.45) is 3.22. The number of piperazine rings is 1. The fraction of sp³-hybridized carbons (Fsp3) is 0.320. The molecule has 184 valence electrons. The maximum absolute atomic E-state index is 13.2. The smallest absolute Gasteiger partial charge is 0.292 e. The number of nitro groups is 1. The Kier molecular flexibility index (Phi) is 6.77. The predicted molar refractivity (Wildman–Crippen MR) is 137 cm³/mol. The molecule has 1 aliphatic rings. The van der Waals surface area contributed by atoms with Crippen LogP contribution in [-0.2, 0) is 15.4 Å². The van der Waals surface area contributed by atoms with Crippen molar-refractivity contribution in [2.24, 2.45) is 0 Å². The van der Waals surface area contributed by atoms with Gasteiger partial charge in [-0.3, -0.25) is 15.1 Å². The topological polar surface area (TPSA) is 109 Å². The Labute approximate surface area is 205 Å². The van der Waals surface area contributed by atoms with E-state index in [1.807, 2.05) is 17.0 Å². The van der Waals surface area contributed by atoms with Crippen LogP contribution in [0.25, 0.3) is 0 Å². The largest absolute Gasteiger partial charge is 0.369 e. The number of rotatable bonds is 6. The van der Waals surface area contributed by atoms with E-state index in [-0.39, 0.29) is 16.0 Å². The van der Waals surface area contributed by atoms with E-state index in [2.05, 4.69) is 31.1 Å². The molecule has 9 nitrogen and oxygen atoms in total. The minimum atomic E-state index is -3.60. The summed E-state index contributed by atoms with van der Waals surface area (Å²) in [6.45, 7) is 7.87. The monoisotopic (exact) mass is 495 g/mol. The van der Waals surface area contributed by atoms with Crippen LogP contribution in [0.4, 0.5) is 22.7 Å². The second kappa shape index (κ2) is 9.63. The van der Waals surface area contributed by atoms with Crippen LogP contribution in [0.15, 0.2) is 71.9 Å². The molecular weight excluding hydrogens is 466 g/mol. The lowest BCUT2D eigenvalue weighted by Gasteiger charge is -2.35. The van der Waals surface area contributed by atoms with Crippen LogP contribution in [-0.4, -0.2) is 48.8 Å². The summed E-state index contributed by atoms with van der Waals surface area (Å²) in [7, 11) is -3.60. The lowest BCUT2D eigenvalue weighted by atomic mass is 9.87. The number of aromatic nitrogens is 1. The van der Waals surface area contributed by atoms with Gasteiger partial charge in [0.25, 0.3) is 5.69 Å². The molecule has 2 heterocycles. The lowest BCUT2D eigenvalue weighted by Crippen LogP contribution is -2.48. The summed E-state index contributed by atoms with van der Waals surface area (Å²) < 4.78 is 27.9. The summed E-state index contributed by atoms with van der Waals surface area (Å²) in [6, 6.07) is 15.5. The van der Waals surface area contributed by atoms with Gasteiger partial charge < -0.3 is 10.2 Å². The van der Waals surface area contributed by atoms with Gasteiger partial charge in [0, 0.05) is 44.1 Å². The van der Waals surface area contributed by atoms with E-state index in [0.717, 1.165) is 11.3 Å². The normalized spacial score (nSPS) is 15.1. The SMILES string of the molecule is CC(C)(C)c1ccc(S(=O)(=O)N2CCN(c3ccc([N+](=O)[O-])c(Nc4cccnc4)c3)CC2)cc1. The first-order chi connectivity index (χ1) is 16.6. The van der Waals surface area contributed by atoms with Crippen molar-refractivity contribution in [1.29, 1.82) is 0 Å². The second-order valence-electron chi connectivity index (χ2n) is 9.49. The molecule has 1 aromatic heterocycles. The number of nitro benzene ring substituents is 1. The molecule has 0 saturated carbocycles. The van der Waals surface area contributed by atoms with Crippen molar-refractivity contribution < 1.29 is 13.3 Å². The van der Waals surface area contributed by atoms with Crippen molar-refractivity contribution in [3.8, 4) is 0 Å². The molecule has 0 radical (unpaired) electrons. The van der Waals surface area contributed by atoms with Gasteiger partial charge in [0.1, 0.15) is 5.69 Å².